The van der Waals surface area contributed by atoms with Gasteiger partial charge in [0.25, 0.3) is 0 Å². The van der Waals surface area contributed by atoms with Crippen molar-refractivity contribution >= 4 is 27.6 Å². The Morgan fingerprint density at radius 1 is 1.16 bits per heavy atom. The molecule has 2 aliphatic rings. The Bertz CT molecular complexity index is 1100. The molecule has 0 unspecified atom stereocenters. The minimum absolute atomic E-state index is 0.124. The van der Waals surface area contributed by atoms with E-state index in [2.05, 4.69) is 10.3 Å². The number of anilines is 1. The van der Waals surface area contributed by atoms with E-state index in [1.165, 1.54) is 0 Å². The fraction of sp³-hybridized carbons (Fsp3) is 0.435. The summed E-state index contributed by atoms with van der Waals surface area (Å²) in [6, 6.07) is 9.81. The standard InChI is InChI=1S/C23H28N4O4S/c1-15-2-9-21(25-13-15)26-22(28)20(12-16-10-11-27(14-16)23(24)29)17-3-5-18(6-4-17)32(30,31)19-7-8-19/h2-6,9,13,16,19-20H,7-8,10-12,14H2,1H3,(H2,24,29)(H,25,26,28)/t16-,20-/m1/s1. The number of benzene rings is 1. The summed E-state index contributed by atoms with van der Waals surface area (Å²) in [5.74, 6) is -0.131. The van der Waals surface area contributed by atoms with Crippen LogP contribution >= 0.6 is 0 Å². The van der Waals surface area contributed by atoms with Crippen LogP contribution in [0.2, 0.25) is 0 Å². The smallest absolute Gasteiger partial charge is 0.314 e. The molecule has 1 aromatic heterocycles. The largest absolute Gasteiger partial charge is 0.351 e. The number of nitrogens with two attached hydrogens (primary N) is 1. The van der Waals surface area contributed by atoms with Crippen LogP contribution in [0.25, 0.3) is 0 Å². The van der Waals surface area contributed by atoms with Gasteiger partial charge in [0.1, 0.15) is 5.82 Å². The lowest BCUT2D eigenvalue weighted by atomic mass is 9.87. The van der Waals surface area contributed by atoms with Crippen LogP contribution in [0, 0.1) is 12.8 Å². The van der Waals surface area contributed by atoms with Crippen molar-refractivity contribution in [3.8, 4) is 0 Å². The summed E-state index contributed by atoms with van der Waals surface area (Å²) in [5.41, 5.74) is 7.13. The number of likely N-dealkylation sites (tertiary alicyclic amines) is 1. The number of amides is 3. The molecule has 2 aromatic rings. The van der Waals surface area contributed by atoms with Crippen LogP contribution in [0.3, 0.4) is 0 Å². The van der Waals surface area contributed by atoms with Crippen molar-refractivity contribution in [2.45, 2.75) is 48.7 Å². The fourth-order valence-corrected chi connectivity index (χ4v) is 5.83. The fourth-order valence-electron chi connectivity index (χ4n) is 4.17. The topological polar surface area (TPSA) is 122 Å². The van der Waals surface area contributed by atoms with Gasteiger partial charge in [-0.2, -0.15) is 0 Å². The molecular formula is C23H28N4O4S. The Kier molecular flexibility index (Phi) is 6.19. The normalized spacial score (nSPS) is 19.5. The average Bonchev–Trinajstić information content (AvgIpc) is 3.53. The molecule has 4 rings (SSSR count). The molecule has 2 fully saturated rings. The molecule has 1 saturated heterocycles. The van der Waals surface area contributed by atoms with Gasteiger partial charge in [-0.1, -0.05) is 18.2 Å². The quantitative estimate of drug-likeness (QED) is 0.663. The number of rotatable bonds is 7. The number of nitrogens with zero attached hydrogens (tertiary/aromatic N) is 2. The first kappa shape index (κ1) is 22.3. The maximum atomic E-state index is 13.2. The summed E-state index contributed by atoms with van der Waals surface area (Å²) < 4.78 is 25.0. The molecule has 32 heavy (non-hydrogen) atoms. The van der Waals surface area contributed by atoms with Gasteiger partial charge in [0.05, 0.1) is 16.1 Å². The molecule has 0 spiro atoms. The van der Waals surface area contributed by atoms with Crippen LogP contribution in [0.15, 0.2) is 47.5 Å². The van der Waals surface area contributed by atoms with Crippen LogP contribution in [0.5, 0.6) is 0 Å². The van der Waals surface area contributed by atoms with Gasteiger partial charge in [-0.05, 0) is 67.9 Å². The molecule has 170 valence electrons. The van der Waals surface area contributed by atoms with E-state index in [1.54, 1.807) is 41.4 Å². The molecule has 2 heterocycles. The molecule has 3 N–H and O–H groups in total. The number of carbonyl (C=O) groups is 2. The highest BCUT2D eigenvalue weighted by molar-refractivity contribution is 7.92. The number of hydrogen-bond acceptors (Lipinski definition) is 5. The number of primary amides is 1. The molecule has 1 aliphatic carbocycles. The van der Waals surface area contributed by atoms with E-state index in [0.29, 0.717) is 43.1 Å². The highest BCUT2D eigenvalue weighted by atomic mass is 32.2. The zero-order chi connectivity index (χ0) is 22.9. The van der Waals surface area contributed by atoms with Crippen molar-refractivity contribution in [2.75, 3.05) is 18.4 Å². The molecule has 9 heteroatoms. The second-order valence-electron chi connectivity index (χ2n) is 8.75. The number of carbonyl (C=O) groups excluding carboxylic acids is 2. The van der Waals surface area contributed by atoms with E-state index in [0.717, 1.165) is 17.5 Å². The summed E-state index contributed by atoms with van der Waals surface area (Å²) in [6.45, 7) is 3.01. The maximum absolute atomic E-state index is 13.2. The lowest BCUT2D eigenvalue weighted by molar-refractivity contribution is -0.118. The molecule has 0 bridgehead atoms. The Morgan fingerprint density at radius 3 is 2.44 bits per heavy atom. The number of hydrogen-bond donors (Lipinski definition) is 2. The highest BCUT2D eigenvalue weighted by Gasteiger charge is 2.37. The minimum Gasteiger partial charge on any atom is -0.351 e. The number of urea groups is 1. The highest BCUT2D eigenvalue weighted by Crippen LogP contribution is 2.35. The van der Waals surface area contributed by atoms with Crippen molar-refractivity contribution in [3.63, 3.8) is 0 Å². The first-order valence-corrected chi connectivity index (χ1v) is 12.4. The zero-order valence-electron chi connectivity index (χ0n) is 18.0. The zero-order valence-corrected chi connectivity index (χ0v) is 18.8. The van der Waals surface area contributed by atoms with Gasteiger partial charge in [-0.25, -0.2) is 18.2 Å². The van der Waals surface area contributed by atoms with Gasteiger partial charge in [0.15, 0.2) is 9.84 Å². The Hall–Kier alpha value is -2.94. The molecule has 1 aliphatic heterocycles. The molecule has 1 saturated carbocycles. The lowest BCUT2D eigenvalue weighted by Gasteiger charge is -2.21. The van der Waals surface area contributed by atoms with E-state index in [4.69, 9.17) is 5.73 Å². The average molecular weight is 457 g/mol. The Labute approximate surface area is 188 Å². The van der Waals surface area contributed by atoms with Crippen molar-refractivity contribution in [1.82, 2.24) is 9.88 Å². The minimum atomic E-state index is -3.29. The van der Waals surface area contributed by atoms with Gasteiger partial charge in [0.2, 0.25) is 5.91 Å². The Balaban J connectivity index is 1.55. The van der Waals surface area contributed by atoms with E-state index < -0.39 is 21.8 Å². The predicted molar refractivity (Wildman–Crippen MR) is 121 cm³/mol. The third-order valence-corrected chi connectivity index (χ3v) is 8.50. The van der Waals surface area contributed by atoms with Gasteiger partial charge in [-0.3, -0.25) is 4.79 Å². The Morgan fingerprint density at radius 2 is 1.88 bits per heavy atom. The number of aryl methyl sites for hydroxylation is 1. The van der Waals surface area contributed by atoms with E-state index in [1.807, 2.05) is 13.0 Å². The molecule has 0 radical (unpaired) electrons. The summed E-state index contributed by atoms with van der Waals surface area (Å²) >= 11 is 0. The van der Waals surface area contributed by atoms with Crippen LogP contribution in [0.1, 0.15) is 42.7 Å². The summed E-state index contributed by atoms with van der Waals surface area (Å²) in [6.07, 6.45) is 4.39. The van der Waals surface area contributed by atoms with Gasteiger partial charge >= 0.3 is 6.03 Å². The van der Waals surface area contributed by atoms with Crippen LogP contribution in [0.4, 0.5) is 10.6 Å². The van der Waals surface area contributed by atoms with Crippen LogP contribution in [-0.4, -0.2) is 48.6 Å². The summed E-state index contributed by atoms with van der Waals surface area (Å²) in [4.78, 5) is 30.9. The lowest BCUT2D eigenvalue weighted by Crippen LogP contribution is -2.34. The van der Waals surface area contributed by atoms with E-state index in [-0.39, 0.29) is 17.1 Å². The maximum Gasteiger partial charge on any atom is 0.314 e. The van der Waals surface area contributed by atoms with Gasteiger partial charge in [0, 0.05) is 19.3 Å². The first-order valence-electron chi connectivity index (χ1n) is 10.9. The monoisotopic (exact) mass is 456 g/mol. The van der Waals surface area contributed by atoms with Gasteiger partial charge in [-0.15, -0.1) is 0 Å². The molecular weight excluding hydrogens is 428 g/mol. The number of aromatic nitrogens is 1. The second kappa shape index (κ2) is 8.90. The number of nitrogens with one attached hydrogen (secondary N) is 1. The van der Waals surface area contributed by atoms with E-state index >= 15 is 0 Å². The van der Waals surface area contributed by atoms with Crippen molar-refractivity contribution in [1.29, 1.82) is 0 Å². The number of sulfone groups is 1. The number of pyridine rings is 1. The van der Waals surface area contributed by atoms with Crippen LogP contribution < -0.4 is 11.1 Å². The summed E-state index contributed by atoms with van der Waals surface area (Å²) in [5, 5.41) is 2.60. The van der Waals surface area contributed by atoms with E-state index in [9.17, 15) is 18.0 Å². The summed E-state index contributed by atoms with van der Waals surface area (Å²) in [7, 11) is -3.29. The molecule has 3 amide bonds. The SMILES string of the molecule is Cc1ccc(NC(=O)[C@H](C[C@H]2CCN(C(N)=O)C2)c2ccc(S(=O)(=O)C3CC3)cc2)nc1. The first-order chi connectivity index (χ1) is 15.2. The van der Waals surface area contributed by atoms with Crippen molar-refractivity contribution < 1.29 is 18.0 Å². The van der Waals surface area contributed by atoms with Crippen molar-refractivity contribution in [2.24, 2.45) is 11.7 Å². The third kappa shape index (κ3) is 4.93. The molecule has 1 aromatic carbocycles. The van der Waals surface area contributed by atoms with Crippen molar-refractivity contribution in [3.05, 3.63) is 53.7 Å². The predicted octanol–water partition coefficient (Wildman–Crippen LogP) is 2.84. The molecule has 8 nitrogen and oxygen atoms in total. The second-order valence-corrected chi connectivity index (χ2v) is 11.0. The third-order valence-electron chi connectivity index (χ3n) is 6.22. The van der Waals surface area contributed by atoms with Crippen LogP contribution in [-0.2, 0) is 14.6 Å². The van der Waals surface area contributed by atoms with Gasteiger partial charge < -0.3 is 16.0 Å². The molecule has 2 atom stereocenters.